The fourth-order valence-electron chi connectivity index (χ4n) is 2.06. The predicted octanol–water partition coefficient (Wildman–Crippen LogP) is 0.264. The number of hydrazone groups is 1. The minimum absolute atomic E-state index is 0.0648. The number of rotatable bonds is 1. The average molecular weight is 230 g/mol. The largest absolute Gasteiger partial charge is 0.277 e. The van der Waals surface area contributed by atoms with Gasteiger partial charge in [0.2, 0.25) is 0 Å². The molecule has 84 valence electrons. The van der Waals surface area contributed by atoms with Gasteiger partial charge in [-0.3, -0.25) is 10.3 Å². The minimum Gasteiger partial charge on any atom is -0.259 e. The van der Waals surface area contributed by atoms with Gasteiger partial charge in [-0.1, -0.05) is 0 Å². The molecule has 0 amide bonds. The number of quaternary nitrogens is 1. The highest BCUT2D eigenvalue weighted by atomic mass is 31.2. The van der Waals surface area contributed by atoms with Crippen LogP contribution in [-0.2, 0) is 4.57 Å². The number of amidine groups is 1. The summed E-state index contributed by atoms with van der Waals surface area (Å²) in [7, 11) is -0.704. The van der Waals surface area contributed by atoms with Crippen LogP contribution in [0, 0.1) is 0 Å². The first-order chi connectivity index (χ1) is 6.79. The number of hydrogen-bond acceptors (Lipinski definition) is 5. The molecule has 15 heavy (non-hydrogen) atoms. The van der Waals surface area contributed by atoms with Gasteiger partial charge >= 0.3 is 0 Å². The van der Waals surface area contributed by atoms with Crippen molar-refractivity contribution in [2.75, 3.05) is 20.4 Å². The van der Waals surface area contributed by atoms with Crippen molar-refractivity contribution >= 4 is 13.1 Å². The summed E-state index contributed by atoms with van der Waals surface area (Å²) in [4.78, 5) is 0. The van der Waals surface area contributed by atoms with Gasteiger partial charge in [-0.05, 0) is 6.92 Å². The van der Waals surface area contributed by atoms with Gasteiger partial charge in [0.15, 0.2) is 0 Å². The van der Waals surface area contributed by atoms with Gasteiger partial charge in [0.1, 0.15) is 0 Å². The van der Waals surface area contributed by atoms with E-state index in [0.717, 1.165) is 11.5 Å². The van der Waals surface area contributed by atoms with E-state index in [2.05, 4.69) is 10.5 Å². The van der Waals surface area contributed by atoms with E-state index >= 15 is 0 Å². The molecule has 7 heteroatoms. The van der Waals surface area contributed by atoms with Gasteiger partial charge in [-0.2, -0.15) is 0 Å². The molecule has 0 bridgehead atoms. The molecule has 0 aromatic rings. The summed E-state index contributed by atoms with van der Waals surface area (Å²) in [5.41, 5.74) is 10.2. The normalized spacial score (nSPS) is 34.7. The Morgan fingerprint density at radius 3 is 2.73 bits per heavy atom. The molecule has 2 unspecified atom stereocenters. The van der Waals surface area contributed by atoms with Crippen molar-refractivity contribution in [3.05, 3.63) is 11.8 Å². The molecule has 2 aliphatic heterocycles. The first-order valence-corrected chi connectivity index (χ1v) is 7.33. The predicted molar refractivity (Wildman–Crippen MR) is 59.8 cm³/mol. The van der Waals surface area contributed by atoms with Crippen molar-refractivity contribution < 1.29 is 8.93 Å². The first kappa shape index (κ1) is 10.7. The molecule has 3 N–H and O–H groups in total. The smallest absolute Gasteiger partial charge is 0.259 e. The SMILES string of the molecule is CC1=CC2=NN(C)C(N)[N+]2(P(C)(C)=O)N1. The minimum atomic E-state index is -2.49. The van der Waals surface area contributed by atoms with Gasteiger partial charge < -0.3 is 0 Å². The third kappa shape index (κ3) is 1.19. The van der Waals surface area contributed by atoms with E-state index in [1.807, 2.05) is 13.0 Å². The van der Waals surface area contributed by atoms with Crippen molar-refractivity contribution in [1.82, 2.24) is 10.4 Å². The average Bonchev–Trinajstić information content (AvgIpc) is 2.49. The number of hydrogen-bond donors (Lipinski definition) is 2. The molecule has 0 aromatic carbocycles. The van der Waals surface area contributed by atoms with Crippen molar-refractivity contribution in [3.63, 3.8) is 0 Å². The van der Waals surface area contributed by atoms with Crippen molar-refractivity contribution in [3.8, 4) is 0 Å². The van der Waals surface area contributed by atoms with Crippen LogP contribution >= 0.6 is 7.29 Å². The molecule has 2 aliphatic rings. The van der Waals surface area contributed by atoms with E-state index in [0.29, 0.717) is 0 Å². The van der Waals surface area contributed by atoms with E-state index in [-0.39, 0.29) is 4.36 Å². The Labute approximate surface area is 89.4 Å². The highest BCUT2D eigenvalue weighted by molar-refractivity contribution is 7.57. The van der Waals surface area contributed by atoms with Gasteiger partial charge in [0.25, 0.3) is 19.4 Å². The first-order valence-electron chi connectivity index (χ1n) is 4.77. The highest BCUT2D eigenvalue weighted by Gasteiger charge is 2.59. The maximum absolute atomic E-state index is 12.4. The Morgan fingerprint density at radius 1 is 1.67 bits per heavy atom. The highest BCUT2D eigenvalue weighted by Crippen LogP contribution is 2.53. The second-order valence-electron chi connectivity index (χ2n) is 4.36. The van der Waals surface area contributed by atoms with E-state index < -0.39 is 13.6 Å². The maximum Gasteiger partial charge on any atom is 0.277 e. The Balaban J connectivity index is 2.57. The monoisotopic (exact) mass is 230 g/mol. The third-order valence-corrected chi connectivity index (χ3v) is 4.89. The Kier molecular flexibility index (Phi) is 2.02. The number of nitrogens with two attached hydrogens (primary N) is 1. The second-order valence-corrected chi connectivity index (χ2v) is 7.58. The molecule has 0 spiro atoms. The molecule has 0 fully saturated rings. The van der Waals surface area contributed by atoms with E-state index in [1.165, 1.54) is 0 Å². The molecule has 0 aliphatic carbocycles. The number of allylic oxidation sites excluding steroid dienone is 1. The fourth-order valence-corrected chi connectivity index (χ4v) is 3.77. The lowest BCUT2D eigenvalue weighted by molar-refractivity contribution is -0.791. The van der Waals surface area contributed by atoms with E-state index in [1.54, 1.807) is 25.4 Å². The van der Waals surface area contributed by atoms with Crippen molar-refractivity contribution in [2.24, 2.45) is 10.8 Å². The summed E-state index contributed by atoms with van der Waals surface area (Å²) >= 11 is 0. The third-order valence-electron chi connectivity index (χ3n) is 2.83. The number of nitrogens with one attached hydrogen (secondary N) is 1. The Hall–Kier alpha value is -0.840. The second kappa shape index (κ2) is 2.84. The molecule has 2 heterocycles. The molecule has 0 saturated carbocycles. The van der Waals surface area contributed by atoms with Crippen LogP contribution in [0.2, 0.25) is 0 Å². The van der Waals surface area contributed by atoms with Gasteiger partial charge in [0.05, 0.1) is 5.70 Å². The van der Waals surface area contributed by atoms with E-state index in [4.69, 9.17) is 5.73 Å². The van der Waals surface area contributed by atoms with Crippen LogP contribution in [0.1, 0.15) is 6.92 Å². The quantitative estimate of drug-likeness (QED) is 0.634. The lowest BCUT2D eigenvalue weighted by atomic mass is 10.4. The summed E-state index contributed by atoms with van der Waals surface area (Å²) < 4.78 is 12.5. The topological polar surface area (TPSA) is 70.7 Å². The molecular weight excluding hydrogens is 213 g/mol. The number of nitrogens with zero attached hydrogens (tertiary/aromatic N) is 3. The van der Waals surface area contributed by atoms with Gasteiger partial charge in [-0.15, -0.1) is 9.46 Å². The molecule has 2 atom stereocenters. The molecule has 0 radical (unpaired) electrons. The summed E-state index contributed by atoms with van der Waals surface area (Å²) in [6.45, 7) is 5.37. The molecular formula is C8H17N5OP+. The molecule has 2 rings (SSSR count). The summed E-state index contributed by atoms with van der Waals surface area (Å²) in [5.74, 6) is 0.732. The molecule has 0 aromatic heterocycles. The van der Waals surface area contributed by atoms with Crippen LogP contribution in [0.5, 0.6) is 0 Å². The zero-order chi connectivity index (χ0) is 11.4. The lowest BCUT2D eigenvalue weighted by Gasteiger charge is -2.37. The fraction of sp³-hybridized carbons (Fsp3) is 0.625. The van der Waals surface area contributed by atoms with Crippen LogP contribution in [-0.4, -0.2) is 41.9 Å². The van der Waals surface area contributed by atoms with Crippen LogP contribution in [0.15, 0.2) is 16.9 Å². The van der Waals surface area contributed by atoms with Crippen LogP contribution in [0.25, 0.3) is 0 Å². The van der Waals surface area contributed by atoms with Crippen molar-refractivity contribution in [1.29, 1.82) is 0 Å². The van der Waals surface area contributed by atoms with Gasteiger partial charge in [0, 0.05) is 26.5 Å². The van der Waals surface area contributed by atoms with Crippen LogP contribution in [0.4, 0.5) is 0 Å². The standard InChI is InChI=1S/C8H17N5OP/c1-6-5-7-10-12(2)8(9)13(7,11-6)15(3,4)14/h5,8,11H,9H2,1-4H3/q+1. The zero-order valence-electron chi connectivity index (χ0n) is 9.43. The van der Waals surface area contributed by atoms with Crippen molar-refractivity contribution in [2.45, 2.75) is 13.2 Å². The van der Waals surface area contributed by atoms with Crippen LogP contribution < -0.4 is 11.2 Å². The lowest BCUT2D eigenvalue weighted by Crippen LogP contribution is -2.63. The molecule has 0 saturated heterocycles. The zero-order valence-corrected chi connectivity index (χ0v) is 10.3. The summed E-state index contributed by atoms with van der Waals surface area (Å²) in [5, 5.41) is 5.95. The Bertz CT molecular complexity index is 411. The summed E-state index contributed by atoms with van der Waals surface area (Å²) in [6.07, 6.45) is 1.46. The maximum atomic E-state index is 12.4. The van der Waals surface area contributed by atoms with Crippen LogP contribution in [0.3, 0.4) is 0 Å². The summed E-state index contributed by atoms with van der Waals surface area (Å²) in [6, 6.07) is 0. The van der Waals surface area contributed by atoms with E-state index in [9.17, 15) is 4.57 Å². The number of fused-ring (bicyclic) bond motifs is 1. The Morgan fingerprint density at radius 2 is 2.27 bits per heavy atom. The van der Waals surface area contributed by atoms with Gasteiger partial charge in [-0.25, -0.2) is 10.4 Å². The molecule has 6 nitrogen and oxygen atoms in total.